The molecule has 9 nitrogen and oxygen atoms in total. The first-order valence-corrected chi connectivity index (χ1v) is 7.66. The minimum atomic E-state index is -0.898. The van der Waals surface area contributed by atoms with Crippen LogP contribution >= 0.6 is 23.2 Å². The summed E-state index contributed by atoms with van der Waals surface area (Å²) in [4.78, 5) is 26.9. The maximum Gasteiger partial charge on any atom is 0.412 e. The number of carbonyl (C=O) groups excluding carboxylic acids is 1. The Hall–Kier alpha value is -1.81. The summed E-state index contributed by atoms with van der Waals surface area (Å²) >= 11 is 11.7. The van der Waals surface area contributed by atoms with Gasteiger partial charge in [-0.1, -0.05) is 23.2 Å². The largest absolute Gasteiger partial charge is 0.441 e. The number of fused-ring (bicyclic) bond motifs is 1. The van der Waals surface area contributed by atoms with Crippen molar-refractivity contribution < 1.29 is 28.9 Å². The van der Waals surface area contributed by atoms with Gasteiger partial charge in [0.05, 0.1) is 23.3 Å². The van der Waals surface area contributed by atoms with Crippen molar-refractivity contribution in [2.75, 3.05) is 18.5 Å². The molecule has 0 spiro atoms. The molecule has 24 heavy (non-hydrogen) atoms. The average Bonchev–Trinajstić information content (AvgIpc) is 3.07. The Labute approximate surface area is 145 Å². The first-order chi connectivity index (χ1) is 11.4. The van der Waals surface area contributed by atoms with Gasteiger partial charge in [0.15, 0.2) is 12.2 Å². The van der Waals surface area contributed by atoms with E-state index in [1.54, 1.807) is 6.07 Å². The molecule has 2 heterocycles. The van der Waals surface area contributed by atoms with E-state index >= 15 is 0 Å². The molecule has 4 atom stereocenters. The van der Waals surface area contributed by atoms with E-state index in [9.17, 15) is 14.9 Å². The van der Waals surface area contributed by atoms with Gasteiger partial charge in [0.1, 0.15) is 12.2 Å². The second-order valence-corrected chi connectivity index (χ2v) is 5.98. The predicted molar refractivity (Wildman–Crippen MR) is 81.7 cm³/mol. The molecule has 2 aliphatic rings. The van der Waals surface area contributed by atoms with Crippen LogP contribution in [0.4, 0.5) is 10.5 Å². The number of amides is 1. The summed E-state index contributed by atoms with van der Waals surface area (Å²) in [5, 5.41) is 12.7. The lowest BCUT2D eigenvalue weighted by Gasteiger charge is -2.17. The van der Waals surface area contributed by atoms with Gasteiger partial charge in [-0.2, -0.15) is 0 Å². The molecule has 2 aliphatic heterocycles. The number of rotatable bonds is 4. The van der Waals surface area contributed by atoms with Crippen LogP contribution in [-0.4, -0.2) is 48.8 Å². The Kier molecular flexibility index (Phi) is 4.95. The van der Waals surface area contributed by atoms with Gasteiger partial charge in [0.2, 0.25) is 0 Å². The second kappa shape index (κ2) is 6.98. The topological polar surface area (TPSA) is 109 Å². The Morgan fingerprint density at radius 1 is 1.21 bits per heavy atom. The van der Waals surface area contributed by atoms with Gasteiger partial charge in [-0.05, 0) is 18.2 Å². The first kappa shape index (κ1) is 17.0. The molecule has 0 saturated carbocycles. The zero-order chi connectivity index (χ0) is 17.3. The lowest BCUT2D eigenvalue weighted by Crippen LogP contribution is -2.36. The minimum absolute atomic E-state index is 0.00934. The van der Waals surface area contributed by atoms with Crippen LogP contribution in [0, 0.1) is 10.1 Å². The van der Waals surface area contributed by atoms with Crippen LogP contribution in [0.15, 0.2) is 18.2 Å². The molecule has 130 valence electrons. The minimum Gasteiger partial charge on any atom is -0.441 e. The van der Waals surface area contributed by atoms with E-state index in [1.807, 2.05) is 0 Å². The van der Waals surface area contributed by atoms with E-state index < -0.39 is 35.6 Å². The molecule has 1 aromatic rings. The molecular weight excluding hydrogens is 367 g/mol. The first-order valence-electron chi connectivity index (χ1n) is 6.91. The van der Waals surface area contributed by atoms with Crippen molar-refractivity contribution in [2.24, 2.45) is 0 Å². The van der Waals surface area contributed by atoms with Gasteiger partial charge in [0.25, 0.3) is 5.09 Å². The van der Waals surface area contributed by atoms with Gasteiger partial charge in [-0.25, -0.2) is 4.79 Å². The van der Waals surface area contributed by atoms with Crippen molar-refractivity contribution in [1.29, 1.82) is 0 Å². The van der Waals surface area contributed by atoms with E-state index in [0.29, 0.717) is 10.7 Å². The summed E-state index contributed by atoms with van der Waals surface area (Å²) in [5.41, 5.74) is 0.409. The summed E-state index contributed by atoms with van der Waals surface area (Å²) in [5.74, 6) is 0. The molecule has 0 bridgehead atoms. The quantitative estimate of drug-likeness (QED) is 0.631. The van der Waals surface area contributed by atoms with Crippen molar-refractivity contribution in [3.8, 4) is 0 Å². The summed E-state index contributed by atoms with van der Waals surface area (Å²) in [6, 6.07) is 4.58. The standard InChI is InChI=1S/C13H12Cl2N2O7/c14-7-2-1-6(3-8(7)15)16-13(18)23-9-4-21-12-10(24-17(19)20)5-22-11(9)12/h1-3,9-12H,4-5H2,(H,16,18)/t9-,10+,11+,12+/m0/s1. The van der Waals surface area contributed by atoms with E-state index in [-0.39, 0.29) is 18.2 Å². The fourth-order valence-electron chi connectivity index (χ4n) is 2.59. The Morgan fingerprint density at radius 3 is 2.54 bits per heavy atom. The number of nitrogens with one attached hydrogen (secondary N) is 1. The van der Waals surface area contributed by atoms with E-state index in [4.69, 9.17) is 37.4 Å². The normalized spacial score (nSPS) is 28.2. The van der Waals surface area contributed by atoms with Crippen LogP contribution in [0.3, 0.4) is 0 Å². The molecule has 1 aromatic carbocycles. The van der Waals surface area contributed by atoms with Crippen LogP contribution in [-0.2, 0) is 19.0 Å². The van der Waals surface area contributed by atoms with Gasteiger partial charge in [0, 0.05) is 5.69 Å². The molecule has 2 fully saturated rings. The molecule has 0 radical (unpaired) electrons. The zero-order valence-electron chi connectivity index (χ0n) is 12.0. The number of hydrogen-bond acceptors (Lipinski definition) is 7. The fourth-order valence-corrected chi connectivity index (χ4v) is 2.89. The Bertz CT molecular complexity index is 659. The Morgan fingerprint density at radius 2 is 1.88 bits per heavy atom. The number of ether oxygens (including phenoxy) is 3. The summed E-state index contributed by atoms with van der Waals surface area (Å²) in [6.07, 6.45) is -3.53. The molecule has 0 aromatic heterocycles. The predicted octanol–water partition coefficient (Wildman–Crippen LogP) is 2.29. The number of carbonyl (C=O) groups is 1. The average molecular weight is 379 g/mol. The van der Waals surface area contributed by atoms with Crippen molar-refractivity contribution in [1.82, 2.24) is 0 Å². The van der Waals surface area contributed by atoms with Gasteiger partial charge in [-0.15, -0.1) is 10.1 Å². The smallest absolute Gasteiger partial charge is 0.412 e. The van der Waals surface area contributed by atoms with Crippen molar-refractivity contribution >= 4 is 35.0 Å². The van der Waals surface area contributed by atoms with Crippen LogP contribution in [0.25, 0.3) is 0 Å². The number of hydrogen-bond donors (Lipinski definition) is 1. The molecule has 0 unspecified atom stereocenters. The Balaban J connectivity index is 1.56. The maximum absolute atomic E-state index is 12.0. The lowest BCUT2D eigenvalue weighted by molar-refractivity contribution is -0.769. The van der Waals surface area contributed by atoms with Gasteiger partial charge in [-0.3, -0.25) is 5.32 Å². The highest BCUT2D eigenvalue weighted by atomic mass is 35.5. The number of halogens is 2. The van der Waals surface area contributed by atoms with Gasteiger partial charge < -0.3 is 19.0 Å². The highest BCUT2D eigenvalue weighted by molar-refractivity contribution is 6.42. The van der Waals surface area contributed by atoms with Crippen LogP contribution in [0.5, 0.6) is 0 Å². The molecule has 2 saturated heterocycles. The molecule has 3 rings (SSSR count). The molecule has 1 N–H and O–H groups in total. The fraction of sp³-hybridized carbons (Fsp3) is 0.462. The van der Waals surface area contributed by atoms with Gasteiger partial charge >= 0.3 is 6.09 Å². The third-order valence-corrected chi connectivity index (χ3v) is 4.35. The summed E-state index contributed by atoms with van der Waals surface area (Å²) in [7, 11) is 0. The zero-order valence-corrected chi connectivity index (χ0v) is 13.5. The molecular formula is C13H12Cl2N2O7. The third kappa shape index (κ3) is 3.64. The lowest BCUT2D eigenvalue weighted by atomic mass is 10.1. The van der Waals surface area contributed by atoms with Crippen LogP contribution < -0.4 is 5.32 Å². The van der Waals surface area contributed by atoms with E-state index in [1.165, 1.54) is 12.1 Å². The van der Waals surface area contributed by atoms with Crippen LogP contribution in [0.2, 0.25) is 10.0 Å². The third-order valence-electron chi connectivity index (χ3n) is 3.61. The molecule has 1 amide bonds. The number of nitrogens with zero attached hydrogens (tertiary/aromatic N) is 1. The van der Waals surface area contributed by atoms with Crippen molar-refractivity contribution in [3.63, 3.8) is 0 Å². The summed E-state index contributed by atoms with van der Waals surface area (Å²) in [6.45, 7) is 0.0479. The highest BCUT2D eigenvalue weighted by Crippen LogP contribution is 2.31. The maximum atomic E-state index is 12.0. The molecule has 0 aliphatic carbocycles. The van der Waals surface area contributed by atoms with E-state index in [0.717, 1.165) is 0 Å². The van der Waals surface area contributed by atoms with Crippen molar-refractivity contribution in [3.05, 3.63) is 38.4 Å². The SMILES string of the molecule is O=C(Nc1ccc(Cl)c(Cl)c1)O[C@H]1CO[C@H]2[C@@H]1OC[C@H]2O[N+](=O)[O-]. The van der Waals surface area contributed by atoms with Crippen LogP contribution in [0.1, 0.15) is 0 Å². The summed E-state index contributed by atoms with van der Waals surface area (Å²) < 4.78 is 16.0. The number of anilines is 1. The number of benzene rings is 1. The van der Waals surface area contributed by atoms with Crippen molar-refractivity contribution in [2.45, 2.75) is 24.4 Å². The molecule has 11 heteroatoms. The second-order valence-electron chi connectivity index (χ2n) is 5.16. The monoisotopic (exact) mass is 378 g/mol. The van der Waals surface area contributed by atoms with E-state index in [2.05, 4.69) is 10.2 Å². The highest BCUT2D eigenvalue weighted by Gasteiger charge is 2.51.